The van der Waals surface area contributed by atoms with Crippen molar-refractivity contribution in [2.45, 2.75) is 51.1 Å². The summed E-state index contributed by atoms with van der Waals surface area (Å²) in [5.41, 5.74) is -0.670. The molecule has 7 nitrogen and oxygen atoms in total. The van der Waals surface area contributed by atoms with Crippen molar-refractivity contribution < 1.29 is 23.1 Å². The first-order valence-electron chi connectivity index (χ1n) is 9.39. The summed E-state index contributed by atoms with van der Waals surface area (Å²) in [4.78, 5) is 16.8. The number of benzene rings is 1. The topological polar surface area (TPSA) is 102 Å². The van der Waals surface area contributed by atoms with E-state index in [-0.39, 0.29) is 38.2 Å². The highest BCUT2D eigenvalue weighted by molar-refractivity contribution is 6.07. The lowest BCUT2D eigenvalue weighted by molar-refractivity contribution is -0.127. The van der Waals surface area contributed by atoms with Gasteiger partial charge in [0.1, 0.15) is 5.82 Å². The van der Waals surface area contributed by atoms with E-state index in [1.54, 1.807) is 13.8 Å². The van der Waals surface area contributed by atoms with Crippen LogP contribution < -0.4 is 10.6 Å². The smallest absolute Gasteiger partial charge is 0.248 e. The first kappa shape index (κ1) is 21.1. The number of amides is 1. The van der Waals surface area contributed by atoms with Crippen molar-refractivity contribution in [1.82, 2.24) is 15.5 Å². The van der Waals surface area contributed by atoms with Crippen molar-refractivity contribution >= 4 is 28.6 Å². The second-order valence-corrected chi connectivity index (χ2v) is 7.98. The van der Waals surface area contributed by atoms with Gasteiger partial charge in [0.2, 0.25) is 17.8 Å². The molecule has 4 N–H and O–H groups in total. The van der Waals surface area contributed by atoms with E-state index < -0.39 is 29.2 Å². The highest BCUT2D eigenvalue weighted by Crippen LogP contribution is 2.36. The number of hydrogen-bond donors (Lipinski definition) is 4. The number of fused-ring (bicyclic) bond motifs is 1. The predicted molar refractivity (Wildman–Crippen MR) is 103 cm³/mol. The highest BCUT2D eigenvalue weighted by Gasteiger charge is 2.37. The second-order valence-electron chi connectivity index (χ2n) is 7.98. The van der Waals surface area contributed by atoms with Gasteiger partial charge in [-0.15, -0.1) is 0 Å². The summed E-state index contributed by atoms with van der Waals surface area (Å²) in [7, 11) is 0. The molecule has 1 fully saturated rings. The molecule has 0 spiro atoms. The summed E-state index contributed by atoms with van der Waals surface area (Å²) in [6.45, 7) is 3.10. The van der Waals surface area contributed by atoms with Crippen molar-refractivity contribution in [3.8, 4) is 0 Å². The molecule has 3 rings (SSSR count). The van der Waals surface area contributed by atoms with Crippen molar-refractivity contribution in [3.63, 3.8) is 0 Å². The van der Waals surface area contributed by atoms with Gasteiger partial charge >= 0.3 is 0 Å². The fraction of sp³-hybridized carbons (Fsp3) is 0.526. The van der Waals surface area contributed by atoms with Crippen LogP contribution in [-0.2, 0) is 4.79 Å². The molecule has 0 unspecified atom stereocenters. The van der Waals surface area contributed by atoms with Crippen LogP contribution in [0.3, 0.4) is 0 Å². The number of nitrogens with one attached hydrogen (secondary N) is 3. The Balaban J connectivity index is 1.76. The number of H-pyrrole nitrogens is 1. The van der Waals surface area contributed by atoms with E-state index >= 15 is 0 Å². The number of aromatic amines is 1. The van der Waals surface area contributed by atoms with Gasteiger partial charge in [-0.25, -0.2) is 18.2 Å². The number of alkyl halides is 2. The van der Waals surface area contributed by atoms with Crippen LogP contribution in [0, 0.1) is 11.7 Å². The number of nitrogens with zero attached hydrogens (tertiary/aromatic N) is 2. The van der Waals surface area contributed by atoms with Crippen LogP contribution in [0.5, 0.6) is 0 Å². The summed E-state index contributed by atoms with van der Waals surface area (Å²) in [5.74, 6) is -3.78. The number of rotatable bonds is 4. The number of carbonyl (C=O) groups excluding carboxylic acids is 1. The Kier molecular flexibility index (Phi) is 5.83. The molecule has 0 radical (unpaired) electrons. The fourth-order valence-corrected chi connectivity index (χ4v) is 3.10. The standard InChI is InChI=1S/C19H24F3N5O2/c1-18(2,29)10-23-17(25-16(28)11-5-7-19(21,22)8-6-11)24-15-13-4-3-12(20)9-14(13)26-27-15/h3-4,9,11,29H,5-8,10H2,1-2H3,(H3,23,24,25,26,27,28). The second kappa shape index (κ2) is 8.02. The molecule has 1 aromatic heterocycles. The third kappa shape index (κ3) is 5.69. The van der Waals surface area contributed by atoms with E-state index in [4.69, 9.17) is 0 Å². The Morgan fingerprint density at radius 1 is 1.38 bits per heavy atom. The van der Waals surface area contributed by atoms with Crippen molar-refractivity contribution in [1.29, 1.82) is 0 Å². The largest absolute Gasteiger partial charge is 0.389 e. The lowest BCUT2D eigenvalue weighted by atomic mass is 9.86. The monoisotopic (exact) mass is 411 g/mol. The molecule has 29 heavy (non-hydrogen) atoms. The van der Waals surface area contributed by atoms with Gasteiger partial charge in [-0.3, -0.25) is 15.2 Å². The van der Waals surface area contributed by atoms with Crippen LogP contribution in [-0.4, -0.2) is 45.2 Å². The van der Waals surface area contributed by atoms with Crippen molar-refractivity contribution in [2.24, 2.45) is 10.9 Å². The van der Waals surface area contributed by atoms with Crippen LogP contribution in [0.4, 0.5) is 19.0 Å². The number of halogens is 3. The van der Waals surface area contributed by atoms with Crippen LogP contribution in [0.1, 0.15) is 39.5 Å². The number of guanidine groups is 1. The van der Waals surface area contributed by atoms with Crippen LogP contribution in [0.2, 0.25) is 0 Å². The number of anilines is 1. The van der Waals surface area contributed by atoms with Gasteiger partial charge in [-0.2, -0.15) is 5.10 Å². The number of aromatic nitrogens is 2. The third-order valence-electron chi connectivity index (χ3n) is 4.72. The van der Waals surface area contributed by atoms with E-state index in [9.17, 15) is 23.1 Å². The first-order chi connectivity index (χ1) is 13.5. The molecule has 1 aliphatic rings. The maximum absolute atomic E-state index is 13.4. The molecule has 0 bridgehead atoms. The van der Waals surface area contributed by atoms with Gasteiger partial charge in [-0.1, -0.05) is 0 Å². The molecule has 10 heteroatoms. The molecule has 1 aliphatic carbocycles. The predicted octanol–water partition coefficient (Wildman–Crippen LogP) is 3.18. The lowest BCUT2D eigenvalue weighted by Crippen LogP contribution is -2.42. The quantitative estimate of drug-likeness (QED) is 0.458. The average Bonchev–Trinajstić information content (AvgIpc) is 3.00. The Labute approximate surface area is 165 Å². The van der Waals surface area contributed by atoms with Gasteiger partial charge in [-0.05, 0) is 44.9 Å². The van der Waals surface area contributed by atoms with E-state index in [0.29, 0.717) is 16.7 Å². The van der Waals surface area contributed by atoms with Crippen LogP contribution in [0.25, 0.3) is 10.9 Å². The zero-order valence-corrected chi connectivity index (χ0v) is 16.2. The third-order valence-corrected chi connectivity index (χ3v) is 4.72. The summed E-state index contributed by atoms with van der Waals surface area (Å²) >= 11 is 0. The molecule has 1 aromatic carbocycles. The number of carbonyl (C=O) groups is 1. The number of aliphatic hydroxyl groups is 1. The van der Waals surface area contributed by atoms with Crippen molar-refractivity contribution in [3.05, 3.63) is 24.0 Å². The summed E-state index contributed by atoms with van der Waals surface area (Å²) in [5, 5.41) is 22.8. The van der Waals surface area contributed by atoms with E-state index in [2.05, 4.69) is 25.8 Å². The number of hydrogen-bond acceptors (Lipinski definition) is 4. The SMILES string of the molecule is CC(C)(O)CN=C(NC(=O)C1CCC(F)(F)CC1)Nc1n[nH]c2cc(F)ccc12. The molecule has 2 aromatic rings. The zero-order chi connectivity index (χ0) is 21.2. The number of aliphatic imine (C=N–C) groups is 1. The molecule has 1 amide bonds. The van der Waals surface area contributed by atoms with Gasteiger partial charge in [0.15, 0.2) is 5.82 Å². The maximum atomic E-state index is 13.4. The minimum absolute atomic E-state index is 0.0185. The molecule has 0 atom stereocenters. The van der Waals surface area contributed by atoms with E-state index in [0.717, 1.165) is 0 Å². The normalized spacial score (nSPS) is 18.1. The zero-order valence-electron chi connectivity index (χ0n) is 16.2. The van der Waals surface area contributed by atoms with Gasteiger partial charge in [0.05, 0.1) is 17.7 Å². The molecule has 0 saturated heterocycles. The molecule has 0 aliphatic heterocycles. The Morgan fingerprint density at radius 2 is 2.07 bits per heavy atom. The maximum Gasteiger partial charge on any atom is 0.248 e. The Hall–Kier alpha value is -2.62. The molecule has 1 heterocycles. The highest BCUT2D eigenvalue weighted by atomic mass is 19.3. The van der Waals surface area contributed by atoms with E-state index in [1.807, 2.05) is 0 Å². The molecular weight excluding hydrogens is 387 g/mol. The van der Waals surface area contributed by atoms with Gasteiger partial charge in [0.25, 0.3) is 0 Å². The van der Waals surface area contributed by atoms with Gasteiger partial charge < -0.3 is 10.4 Å². The minimum Gasteiger partial charge on any atom is -0.389 e. The molecular formula is C19H24F3N5O2. The molecule has 158 valence electrons. The lowest BCUT2D eigenvalue weighted by Gasteiger charge is -2.27. The summed E-state index contributed by atoms with van der Waals surface area (Å²) in [6, 6.07) is 4.08. The summed E-state index contributed by atoms with van der Waals surface area (Å²) < 4.78 is 40.1. The minimum atomic E-state index is -2.73. The average molecular weight is 411 g/mol. The fourth-order valence-electron chi connectivity index (χ4n) is 3.10. The first-order valence-corrected chi connectivity index (χ1v) is 9.39. The van der Waals surface area contributed by atoms with E-state index in [1.165, 1.54) is 18.2 Å². The summed E-state index contributed by atoms with van der Waals surface area (Å²) in [6.07, 6.45) is -0.487. The van der Waals surface area contributed by atoms with Crippen LogP contribution in [0.15, 0.2) is 23.2 Å². The molecule has 1 saturated carbocycles. The van der Waals surface area contributed by atoms with Crippen molar-refractivity contribution in [2.75, 3.05) is 11.9 Å². The Bertz CT molecular complexity index is 910. The Morgan fingerprint density at radius 3 is 2.72 bits per heavy atom. The van der Waals surface area contributed by atoms with Crippen LogP contribution >= 0.6 is 0 Å². The van der Waals surface area contributed by atoms with Gasteiger partial charge in [0, 0.05) is 24.1 Å².